The number of carbonyl (C=O) groups is 4. The first-order valence-electron chi connectivity index (χ1n) is 8.14. The molecule has 1 fully saturated rings. The fourth-order valence-corrected chi connectivity index (χ4v) is 2.65. The standard InChI is InChI=1S/C19H16FN3O4/c1-12-7-8-15(14(20)9-12)21-16(24)11-23-18(26)17(25)22(19(23)27)10-13-5-3-2-4-6-13/h2-9H,10-11H2,1H3,(H,21,24). The van der Waals surface area contributed by atoms with Gasteiger partial charge in [0.1, 0.15) is 12.4 Å². The van der Waals surface area contributed by atoms with Gasteiger partial charge in [0.05, 0.1) is 12.2 Å². The highest BCUT2D eigenvalue weighted by Gasteiger charge is 2.45. The van der Waals surface area contributed by atoms with Crippen molar-refractivity contribution in [1.29, 1.82) is 0 Å². The van der Waals surface area contributed by atoms with Crippen LogP contribution in [0.4, 0.5) is 14.9 Å². The Morgan fingerprint density at radius 1 is 1.00 bits per heavy atom. The van der Waals surface area contributed by atoms with E-state index in [1.165, 1.54) is 12.1 Å². The Bertz CT molecular complexity index is 930. The molecule has 0 spiro atoms. The number of aryl methyl sites for hydroxylation is 1. The van der Waals surface area contributed by atoms with Gasteiger partial charge in [0.2, 0.25) is 5.91 Å². The van der Waals surface area contributed by atoms with Crippen LogP contribution in [-0.4, -0.2) is 40.1 Å². The van der Waals surface area contributed by atoms with Crippen molar-refractivity contribution >= 4 is 29.4 Å². The van der Waals surface area contributed by atoms with Crippen molar-refractivity contribution in [3.8, 4) is 0 Å². The van der Waals surface area contributed by atoms with Crippen molar-refractivity contribution in [2.45, 2.75) is 13.5 Å². The molecule has 1 N–H and O–H groups in total. The largest absolute Gasteiger partial charge is 0.335 e. The second-order valence-corrected chi connectivity index (χ2v) is 6.08. The highest BCUT2D eigenvalue weighted by atomic mass is 19.1. The lowest BCUT2D eigenvalue weighted by Gasteiger charge is -2.15. The SMILES string of the molecule is Cc1ccc(NC(=O)CN2C(=O)C(=O)N(Cc3ccccc3)C2=O)c(F)c1. The lowest BCUT2D eigenvalue weighted by atomic mass is 10.2. The molecule has 1 aliphatic heterocycles. The number of benzene rings is 2. The van der Waals surface area contributed by atoms with Gasteiger partial charge in [-0.15, -0.1) is 0 Å². The lowest BCUT2D eigenvalue weighted by molar-refractivity contribution is -0.143. The summed E-state index contributed by atoms with van der Waals surface area (Å²) in [4.78, 5) is 50.0. The molecule has 0 aromatic heterocycles. The molecular formula is C19H16FN3O4. The van der Waals surface area contributed by atoms with E-state index in [2.05, 4.69) is 5.32 Å². The molecule has 2 aromatic rings. The molecule has 1 saturated heterocycles. The van der Waals surface area contributed by atoms with E-state index in [0.717, 1.165) is 4.90 Å². The van der Waals surface area contributed by atoms with Crippen LogP contribution < -0.4 is 5.32 Å². The Labute approximate surface area is 154 Å². The minimum Gasteiger partial charge on any atom is -0.322 e. The molecule has 1 heterocycles. The smallest absolute Gasteiger partial charge is 0.322 e. The molecule has 0 atom stereocenters. The minimum atomic E-state index is -1.09. The van der Waals surface area contributed by atoms with E-state index in [1.54, 1.807) is 43.3 Å². The van der Waals surface area contributed by atoms with Gasteiger partial charge in [-0.25, -0.2) is 14.1 Å². The highest BCUT2D eigenvalue weighted by molar-refractivity contribution is 6.45. The summed E-state index contributed by atoms with van der Waals surface area (Å²) in [5.41, 5.74) is 1.27. The Balaban J connectivity index is 1.69. The molecule has 0 radical (unpaired) electrons. The number of amides is 5. The van der Waals surface area contributed by atoms with E-state index in [-0.39, 0.29) is 12.2 Å². The van der Waals surface area contributed by atoms with Crippen LogP contribution in [-0.2, 0) is 20.9 Å². The molecule has 0 aliphatic carbocycles. The average molecular weight is 369 g/mol. The monoisotopic (exact) mass is 369 g/mol. The maximum absolute atomic E-state index is 13.8. The molecule has 7 nitrogen and oxygen atoms in total. The second kappa shape index (κ2) is 7.36. The molecule has 1 aliphatic rings. The van der Waals surface area contributed by atoms with E-state index in [1.807, 2.05) is 0 Å². The summed E-state index contributed by atoms with van der Waals surface area (Å²) in [6.45, 7) is 0.945. The number of carbonyl (C=O) groups excluding carboxylic acids is 4. The van der Waals surface area contributed by atoms with Crippen molar-refractivity contribution in [3.05, 3.63) is 65.5 Å². The highest BCUT2D eigenvalue weighted by Crippen LogP contribution is 2.18. The van der Waals surface area contributed by atoms with Crippen molar-refractivity contribution in [2.75, 3.05) is 11.9 Å². The van der Waals surface area contributed by atoms with Gasteiger partial charge >= 0.3 is 17.8 Å². The van der Waals surface area contributed by atoms with Crippen LogP contribution >= 0.6 is 0 Å². The molecule has 3 rings (SSSR count). The van der Waals surface area contributed by atoms with Crippen molar-refractivity contribution in [1.82, 2.24) is 9.80 Å². The lowest BCUT2D eigenvalue weighted by Crippen LogP contribution is -2.39. The van der Waals surface area contributed by atoms with Crippen LogP contribution in [0.2, 0.25) is 0 Å². The molecule has 27 heavy (non-hydrogen) atoms. The van der Waals surface area contributed by atoms with Crippen molar-refractivity contribution in [3.63, 3.8) is 0 Å². The summed E-state index contributed by atoms with van der Waals surface area (Å²) >= 11 is 0. The quantitative estimate of drug-likeness (QED) is 0.646. The number of imide groups is 2. The van der Waals surface area contributed by atoms with E-state index in [4.69, 9.17) is 0 Å². The zero-order valence-corrected chi connectivity index (χ0v) is 14.4. The van der Waals surface area contributed by atoms with E-state index >= 15 is 0 Å². The molecule has 5 amide bonds. The summed E-state index contributed by atoms with van der Waals surface area (Å²) in [6, 6.07) is 12.0. The van der Waals surface area contributed by atoms with Crippen LogP contribution in [0, 0.1) is 12.7 Å². The Kier molecular flexibility index (Phi) is 4.98. The van der Waals surface area contributed by atoms with Crippen molar-refractivity contribution in [2.24, 2.45) is 0 Å². The number of halogens is 1. The predicted molar refractivity (Wildman–Crippen MR) is 93.9 cm³/mol. The van der Waals surface area contributed by atoms with E-state index in [0.29, 0.717) is 16.0 Å². The molecular weight excluding hydrogens is 353 g/mol. The zero-order valence-electron chi connectivity index (χ0n) is 14.4. The third-order valence-corrected chi connectivity index (χ3v) is 4.02. The Morgan fingerprint density at radius 3 is 2.33 bits per heavy atom. The first kappa shape index (κ1) is 18.2. The fraction of sp³-hybridized carbons (Fsp3) is 0.158. The number of anilines is 1. The van der Waals surface area contributed by atoms with Gasteiger partial charge in [0, 0.05) is 0 Å². The van der Waals surface area contributed by atoms with Crippen molar-refractivity contribution < 1.29 is 23.6 Å². The Hall–Kier alpha value is -3.55. The van der Waals surface area contributed by atoms with Crippen LogP contribution in [0.15, 0.2) is 48.5 Å². The normalized spacial score (nSPS) is 14.1. The molecule has 2 aromatic carbocycles. The summed E-state index contributed by atoms with van der Waals surface area (Å²) in [6.07, 6.45) is 0. The third kappa shape index (κ3) is 3.84. The number of nitrogens with one attached hydrogen (secondary N) is 1. The van der Waals surface area contributed by atoms with Gasteiger partial charge in [-0.1, -0.05) is 36.4 Å². The number of hydrogen-bond donors (Lipinski definition) is 1. The predicted octanol–water partition coefficient (Wildman–Crippen LogP) is 2.06. The molecule has 0 unspecified atom stereocenters. The van der Waals surface area contributed by atoms with E-state index < -0.39 is 36.1 Å². The van der Waals surface area contributed by atoms with Crippen LogP contribution in [0.5, 0.6) is 0 Å². The topological polar surface area (TPSA) is 86.8 Å². The number of rotatable bonds is 5. The molecule has 0 saturated carbocycles. The van der Waals surface area contributed by atoms with Gasteiger partial charge in [-0.2, -0.15) is 0 Å². The van der Waals surface area contributed by atoms with Gasteiger partial charge < -0.3 is 5.32 Å². The van der Waals surface area contributed by atoms with Crippen LogP contribution in [0.25, 0.3) is 0 Å². The maximum Gasteiger partial charge on any atom is 0.335 e. The summed E-state index contributed by atoms with van der Waals surface area (Å²) < 4.78 is 13.8. The van der Waals surface area contributed by atoms with Gasteiger partial charge in [0.25, 0.3) is 0 Å². The summed E-state index contributed by atoms with van der Waals surface area (Å²) in [7, 11) is 0. The molecule has 0 bridgehead atoms. The second-order valence-electron chi connectivity index (χ2n) is 6.08. The Morgan fingerprint density at radius 2 is 1.67 bits per heavy atom. The van der Waals surface area contributed by atoms with E-state index in [9.17, 15) is 23.6 Å². The molecule has 8 heteroatoms. The fourth-order valence-electron chi connectivity index (χ4n) is 2.65. The third-order valence-electron chi connectivity index (χ3n) is 4.02. The summed E-state index contributed by atoms with van der Waals surface area (Å²) in [5, 5.41) is 2.29. The van der Waals surface area contributed by atoms with Crippen LogP contribution in [0.1, 0.15) is 11.1 Å². The van der Waals surface area contributed by atoms with Gasteiger partial charge in [0.15, 0.2) is 0 Å². The maximum atomic E-state index is 13.8. The summed E-state index contributed by atoms with van der Waals surface area (Å²) in [5.74, 6) is -3.51. The zero-order chi connectivity index (χ0) is 19.6. The first-order chi connectivity index (χ1) is 12.9. The van der Waals surface area contributed by atoms with Gasteiger partial charge in [-0.05, 0) is 30.2 Å². The van der Waals surface area contributed by atoms with Gasteiger partial charge in [-0.3, -0.25) is 19.3 Å². The van der Waals surface area contributed by atoms with Crippen LogP contribution in [0.3, 0.4) is 0 Å². The minimum absolute atomic E-state index is 0.0721. The first-order valence-corrected chi connectivity index (χ1v) is 8.14. The number of urea groups is 1. The number of hydrogen-bond acceptors (Lipinski definition) is 4. The average Bonchev–Trinajstić information content (AvgIpc) is 2.83. The number of nitrogens with zero attached hydrogens (tertiary/aromatic N) is 2. The molecule has 138 valence electrons.